The normalized spacial score (nSPS) is 15.4. The van der Waals surface area contributed by atoms with E-state index in [-0.39, 0.29) is 34.3 Å². The van der Waals surface area contributed by atoms with Crippen LogP contribution in [-0.4, -0.2) is 65.5 Å². The van der Waals surface area contributed by atoms with Crippen LogP contribution in [0.4, 0.5) is 4.79 Å². The van der Waals surface area contributed by atoms with Crippen molar-refractivity contribution in [1.82, 2.24) is 25.6 Å². The van der Waals surface area contributed by atoms with Crippen LogP contribution in [0, 0.1) is 6.92 Å². The highest BCUT2D eigenvalue weighted by Crippen LogP contribution is 2.23. The molecule has 11 heteroatoms. The van der Waals surface area contributed by atoms with E-state index < -0.39 is 0 Å². The molecule has 36 heavy (non-hydrogen) atoms. The van der Waals surface area contributed by atoms with Gasteiger partial charge >= 0.3 is 6.03 Å². The number of benzene rings is 1. The average molecular weight is 557 g/mol. The minimum Gasteiger partial charge on any atom is -0.352 e. The van der Waals surface area contributed by atoms with Gasteiger partial charge in [0.25, 0.3) is 5.91 Å². The number of hydroxylamine groups is 1. The zero-order valence-electron chi connectivity index (χ0n) is 20.7. The summed E-state index contributed by atoms with van der Waals surface area (Å²) in [5.41, 5.74) is 4.46. The summed E-state index contributed by atoms with van der Waals surface area (Å²) in [6, 6.07) is 9.22. The molecule has 1 aromatic carbocycles. The zero-order chi connectivity index (χ0) is 26.2. The van der Waals surface area contributed by atoms with Crippen LogP contribution in [0.2, 0.25) is 15.3 Å². The van der Waals surface area contributed by atoms with E-state index in [9.17, 15) is 9.59 Å². The molecule has 0 unspecified atom stereocenters. The van der Waals surface area contributed by atoms with Gasteiger partial charge in [0.15, 0.2) is 0 Å². The zero-order valence-corrected chi connectivity index (χ0v) is 23.0. The lowest BCUT2D eigenvalue weighted by molar-refractivity contribution is 0.0565. The third-order valence-electron chi connectivity index (χ3n) is 6.47. The first-order valence-electron chi connectivity index (χ1n) is 11.9. The Morgan fingerprint density at radius 1 is 1.22 bits per heavy atom. The van der Waals surface area contributed by atoms with Crippen LogP contribution in [0.1, 0.15) is 47.7 Å². The molecule has 0 radical (unpaired) electrons. The predicted molar refractivity (Wildman–Crippen MR) is 143 cm³/mol. The van der Waals surface area contributed by atoms with E-state index >= 15 is 0 Å². The molecule has 0 saturated carbocycles. The van der Waals surface area contributed by atoms with Gasteiger partial charge in [-0.05, 0) is 62.4 Å². The molecule has 8 nitrogen and oxygen atoms in total. The summed E-state index contributed by atoms with van der Waals surface area (Å²) >= 11 is 18.2. The van der Waals surface area contributed by atoms with E-state index in [0.29, 0.717) is 29.2 Å². The fourth-order valence-corrected chi connectivity index (χ4v) is 5.35. The van der Waals surface area contributed by atoms with Gasteiger partial charge in [-0.1, -0.05) is 46.9 Å². The van der Waals surface area contributed by atoms with Gasteiger partial charge in [-0.15, -0.1) is 0 Å². The monoisotopic (exact) mass is 555 g/mol. The molecule has 3 amide bonds. The Kier molecular flexibility index (Phi) is 10.6. The number of rotatable bonds is 9. The standard InChI is InChI=1S/C25H32Cl3N5O3/c1-16-13-21(27)30-23(28)22(16)24(34)29-10-7-17(2)32-11-8-20(9-12-32)33(25(35)31-36-3)15-18-5-4-6-19(26)14-18/h4-6,13-14,17,20H,7-12,15H2,1-3H3,(H,29,34)(H,31,35)/t17-/m1/s1. The van der Waals surface area contributed by atoms with Crippen molar-refractivity contribution < 1.29 is 14.4 Å². The van der Waals surface area contributed by atoms with Crippen LogP contribution < -0.4 is 10.8 Å². The van der Waals surface area contributed by atoms with Gasteiger partial charge in [0.05, 0.1) is 12.7 Å². The van der Waals surface area contributed by atoms with Crippen molar-refractivity contribution in [3.8, 4) is 0 Å². The van der Waals surface area contributed by atoms with Crippen LogP contribution >= 0.6 is 34.8 Å². The summed E-state index contributed by atoms with van der Waals surface area (Å²) in [5.74, 6) is -0.256. The number of aromatic nitrogens is 1. The van der Waals surface area contributed by atoms with E-state index in [1.807, 2.05) is 29.2 Å². The molecule has 0 bridgehead atoms. The molecule has 2 heterocycles. The number of amides is 3. The molecular formula is C25H32Cl3N5O3. The SMILES string of the molecule is CONC(=O)N(Cc1cccc(Cl)c1)C1CCN([C@H](C)CCNC(=O)c2c(C)cc(Cl)nc2Cl)CC1. The lowest BCUT2D eigenvalue weighted by Crippen LogP contribution is -2.51. The minimum atomic E-state index is -0.266. The molecule has 2 N–H and O–H groups in total. The number of pyridine rings is 1. The molecule has 0 spiro atoms. The smallest absolute Gasteiger partial charge is 0.341 e. The molecular weight excluding hydrogens is 525 g/mol. The van der Waals surface area contributed by atoms with Crippen molar-refractivity contribution in [2.75, 3.05) is 26.7 Å². The van der Waals surface area contributed by atoms with Crippen molar-refractivity contribution in [2.45, 2.75) is 51.7 Å². The van der Waals surface area contributed by atoms with Gasteiger partial charge in [0.2, 0.25) is 0 Å². The largest absolute Gasteiger partial charge is 0.352 e. The summed E-state index contributed by atoms with van der Waals surface area (Å²) in [5, 5.41) is 3.94. The lowest BCUT2D eigenvalue weighted by atomic mass is 10.00. The second-order valence-corrected chi connectivity index (χ2v) is 10.1. The molecule has 0 aliphatic carbocycles. The van der Waals surface area contributed by atoms with Gasteiger partial charge in [0.1, 0.15) is 10.3 Å². The van der Waals surface area contributed by atoms with Crippen molar-refractivity contribution in [1.29, 1.82) is 0 Å². The van der Waals surface area contributed by atoms with Crippen molar-refractivity contribution >= 4 is 46.7 Å². The Morgan fingerprint density at radius 3 is 2.58 bits per heavy atom. The highest BCUT2D eigenvalue weighted by atomic mass is 35.5. The number of hydrogen-bond donors (Lipinski definition) is 2. The average Bonchev–Trinajstić information content (AvgIpc) is 2.82. The minimum absolute atomic E-state index is 0.0739. The van der Waals surface area contributed by atoms with Crippen LogP contribution in [0.15, 0.2) is 30.3 Å². The second kappa shape index (κ2) is 13.4. The first kappa shape index (κ1) is 28.5. The number of aryl methyl sites for hydroxylation is 1. The van der Waals surface area contributed by atoms with Gasteiger partial charge in [0, 0.05) is 43.3 Å². The van der Waals surface area contributed by atoms with Gasteiger partial charge < -0.3 is 15.1 Å². The first-order chi connectivity index (χ1) is 17.2. The molecule has 1 atom stereocenters. The fraction of sp³-hybridized carbons (Fsp3) is 0.480. The van der Waals surface area contributed by atoms with Crippen molar-refractivity contribution in [2.24, 2.45) is 0 Å². The summed E-state index contributed by atoms with van der Waals surface area (Å²) in [7, 11) is 1.43. The van der Waals surface area contributed by atoms with Crippen LogP contribution in [0.25, 0.3) is 0 Å². The van der Waals surface area contributed by atoms with E-state index in [1.54, 1.807) is 13.0 Å². The molecule has 196 valence electrons. The highest BCUT2D eigenvalue weighted by molar-refractivity contribution is 6.35. The predicted octanol–water partition coefficient (Wildman–Crippen LogP) is 5.10. The van der Waals surface area contributed by atoms with Crippen LogP contribution in [-0.2, 0) is 11.4 Å². The Labute approximate surface area is 227 Å². The Hall–Kier alpha value is -2.10. The van der Waals surface area contributed by atoms with E-state index in [0.717, 1.165) is 37.9 Å². The van der Waals surface area contributed by atoms with Crippen LogP contribution in [0.3, 0.4) is 0 Å². The molecule has 3 rings (SSSR count). The van der Waals surface area contributed by atoms with Gasteiger partial charge in [-0.2, -0.15) is 0 Å². The van der Waals surface area contributed by atoms with Crippen LogP contribution in [0.5, 0.6) is 0 Å². The Balaban J connectivity index is 1.51. The summed E-state index contributed by atoms with van der Waals surface area (Å²) < 4.78 is 0. The molecule has 1 fully saturated rings. The molecule has 2 aromatic rings. The summed E-state index contributed by atoms with van der Waals surface area (Å²) in [6.07, 6.45) is 2.45. The maximum Gasteiger partial charge on any atom is 0.341 e. The number of halogens is 3. The maximum absolute atomic E-state index is 12.7. The quantitative estimate of drug-likeness (QED) is 0.332. The second-order valence-electron chi connectivity index (χ2n) is 8.96. The number of nitrogens with zero attached hydrogens (tertiary/aromatic N) is 3. The van der Waals surface area contributed by atoms with E-state index in [4.69, 9.17) is 39.6 Å². The third kappa shape index (κ3) is 7.70. The number of carbonyl (C=O) groups is 2. The molecule has 1 saturated heterocycles. The molecule has 1 aromatic heterocycles. The number of nitrogens with one attached hydrogen (secondary N) is 2. The van der Waals surface area contributed by atoms with Crippen molar-refractivity contribution in [3.63, 3.8) is 0 Å². The highest BCUT2D eigenvalue weighted by Gasteiger charge is 2.30. The maximum atomic E-state index is 12.7. The third-order valence-corrected chi connectivity index (χ3v) is 7.17. The van der Waals surface area contributed by atoms with Gasteiger partial charge in [-0.25, -0.2) is 15.3 Å². The number of likely N-dealkylation sites (tertiary alicyclic amines) is 1. The Bertz CT molecular complexity index is 1040. The lowest BCUT2D eigenvalue weighted by Gasteiger charge is -2.40. The number of urea groups is 1. The first-order valence-corrected chi connectivity index (χ1v) is 13.0. The topological polar surface area (TPSA) is 86.8 Å². The van der Waals surface area contributed by atoms with Crippen molar-refractivity contribution in [3.05, 3.63) is 62.4 Å². The van der Waals surface area contributed by atoms with E-state index in [2.05, 4.69) is 27.6 Å². The molecule has 1 aliphatic rings. The Morgan fingerprint density at radius 2 is 1.94 bits per heavy atom. The summed E-state index contributed by atoms with van der Waals surface area (Å²) in [6.45, 7) is 6.58. The summed E-state index contributed by atoms with van der Waals surface area (Å²) in [4.78, 5) is 38.4. The van der Waals surface area contributed by atoms with Gasteiger partial charge in [-0.3, -0.25) is 9.63 Å². The number of piperidine rings is 1. The molecule has 1 aliphatic heterocycles. The number of carbonyl (C=O) groups excluding carboxylic acids is 2. The van der Waals surface area contributed by atoms with E-state index in [1.165, 1.54) is 7.11 Å². The number of hydrogen-bond acceptors (Lipinski definition) is 5. The fourth-order valence-electron chi connectivity index (χ4n) is 4.52.